The first-order chi connectivity index (χ1) is 10.5. The summed E-state index contributed by atoms with van der Waals surface area (Å²) in [6.07, 6.45) is 4.99. The van der Waals surface area contributed by atoms with Gasteiger partial charge in [0.25, 0.3) is 10.0 Å². The lowest BCUT2D eigenvalue weighted by Gasteiger charge is -2.08. The largest absolute Gasteiger partial charge is 0.370 e. The fourth-order valence-electron chi connectivity index (χ4n) is 1.91. The van der Waals surface area contributed by atoms with E-state index in [0.29, 0.717) is 9.90 Å². The van der Waals surface area contributed by atoms with Gasteiger partial charge in [-0.2, -0.15) is 0 Å². The van der Waals surface area contributed by atoms with E-state index in [1.807, 2.05) is 6.92 Å². The van der Waals surface area contributed by atoms with Crippen LogP contribution in [0.25, 0.3) is 0 Å². The van der Waals surface area contributed by atoms with Gasteiger partial charge in [-0.1, -0.05) is 19.8 Å². The number of rotatable bonds is 8. The molecule has 120 valence electrons. The maximum atomic E-state index is 12.2. The molecule has 0 atom stereocenters. The number of aryl methyl sites for hydroxylation is 1. The van der Waals surface area contributed by atoms with Crippen LogP contribution in [0, 0.1) is 6.92 Å². The average molecular weight is 339 g/mol. The molecule has 2 heterocycles. The monoisotopic (exact) mass is 339 g/mol. The summed E-state index contributed by atoms with van der Waals surface area (Å²) in [5, 5.41) is 3.22. The van der Waals surface area contributed by atoms with Crippen LogP contribution in [0.1, 0.15) is 31.1 Å². The van der Waals surface area contributed by atoms with Crippen molar-refractivity contribution in [2.75, 3.05) is 16.6 Å². The van der Waals surface area contributed by atoms with Gasteiger partial charge < -0.3 is 5.32 Å². The van der Waals surface area contributed by atoms with Crippen molar-refractivity contribution in [1.29, 1.82) is 0 Å². The Labute approximate surface area is 135 Å². The second-order valence-corrected chi connectivity index (χ2v) is 8.23. The van der Waals surface area contributed by atoms with Gasteiger partial charge in [0.15, 0.2) is 0 Å². The highest BCUT2D eigenvalue weighted by molar-refractivity contribution is 7.94. The third-order valence-corrected chi connectivity index (χ3v) is 5.96. The molecule has 22 heavy (non-hydrogen) atoms. The highest BCUT2D eigenvalue weighted by atomic mass is 32.2. The van der Waals surface area contributed by atoms with Crippen molar-refractivity contribution >= 4 is 32.9 Å². The molecule has 0 radical (unpaired) electrons. The predicted molar refractivity (Wildman–Crippen MR) is 92.1 cm³/mol. The van der Waals surface area contributed by atoms with E-state index in [1.54, 1.807) is 24.3 Å². The van der Waals surface area contributed by atoms with Crippen LogP contribution in [0.15, 0.2) is 34.7 Å². The molecular weight excluding hydrogens is 318 g/mol. The standard InChI is InChI=1S/C15H21N3O2S2/c1-3-4-5-10-16-14-8-7-13(11-17-14)18-22(19,20)15-9-6-12(2)21-15/h6-9,11,18H,3-5,10H2,1-2H3,(H,16,17). The van der Waals surface area contributed by atoms with E-state index >= 15 is 0 Å². The van der Waals surface area contributed by atoms with Crippen molar-refractivity contribution < 1.29 is 8.42 Å². The van der Waals surface area contributed by atoms with Crippen LogP contribution in [0.2, 0.25) is 0 Å². The zero-order valence-electron chi connectivity index (χ0n) is 12.8. The van der Waals surface area contributed by atoms with E-state index in [2.05, 4.69) is 21.9 Å². The molecule has 0 aromatic carbocycles. The van der Waals surface area contributed by atoms with Gasteiger partial charge in [-0.3, -0.25) is 4.72 Å². The number of nitrogens with zero attached hydrogens (tertiary/aromatic N) is 1. The van der Waals surface area contributed by atoms with Crippen LogP contribution in [0.3, 0.4) is 0 Å². The van der Waals surface area contributed by atoms with Crippen molar-refractivity contribution in [3.8, 4) is 0 Å². The van der Waals surface area contributed by atoms with Gasteiger partial charge >= 0.3 is 0 Å². The quantitative estimate of drug-likeness (QED) is 0.717. The van der Waals surface area contributed by atoms with Crippen molar-refractivity contribution in [2.45, 2.75) is 37.3 Å². The zero-order chi connectivity index (χ0) is 16.0. The fourth-order valence-corrected chi connectivity index (χ4v) is 4.24. The Hall–Kier alpha value is -1.60. The van der Waals surface area contributed by atoms with Crippen LogP contribution >= 0.6 is 11.3 Å². The third kappa shape index (κ3) is 4.71. The third-order valence-electron chi connectivity index (χ3n) is 3.08. The molecule has 0 saturated carbocycles. The molecule has 0 aliphatic rings. The maximum Gasteiger partial charge on any atom is 0.271 e. The van der Waals surface area contributed by atoms with E-state index in [1.165, 1.54) is 30.4 Å². The Balaban J connectivity index is 1.96. The molecule has 2 N–H and O–H groups in total. The topological polar surface area (TPSA) is 71.1 Å². The number of sulfonamides is 1. The van der Waals surface area contributed by atoms with Crippen molar-refractivity contribution in [1.82, 2.24) is 4.98 Å². The van der Waals surface area contributed by atoms with Crippen LogP contribution in [0.4, 0.5) is 11.5 Å². The summed E-state index contributed by atoms with van der Waals surface area (Å²) in [5.74, 6) is 0.756. The lowest BCUT2D eigenvalue weighted by molar-refractivity contribution is 0.603. The van der Waals surface area contributed by atoms with E-state index in [4.69, 9.17) is 0 Å². The summed E-state index contributed by atoms with van der Waals surface area (Å²) >= 11 is 1.25. The zero-order valence-corrected chi connectivity index (χ0v) is 14.4. The van der Waals surface area contributed by atoms with E-state index in [-0.39, 0.29) is 0 Å². The van der Waals surface area contributed by atoms with E-state index < -0.39 is 10.0 Å². The van der Waals surface area contributed by atoms with Crippen LogP contribution in [-0.2, 0) is 10.0 Å². The number of thiophene rings is 1. The highest BCUT2D eigenvalue weighted by Crippen LogP contribution is 2.23. The fraction of sp³-hybridized carbons (Fsp3) is 0.400. The number of hydrogen-bond acceptors (Lipinski definition) is 5. The molecule has 0 aliphatic carbocycles. The Bertz CT molecular complexity index is 694. The van der Waals surface area contributed by atoms with Crippen LogP contribution < -0.4 is 10.0 Å². The van der Waals surface area contributed by atoms with Gasteiger partial charge in [0, 0.05) is 11.4 Å². The summed E-state index contributed by atoms with van der Waals surface area (Å²) < 4.78 is 27.3. The number of nitrogens with one attached hydrogen (secondary N) is 2. The molecule has 2 rings (SSSR count). The molecule has 2 aromatic rings. The summed E-state index contributed by atoms with van der Waals surface area (Å²) in [7, 11) is -3.52. The van der Waals surface area contributed by atoms with Crippen LogP contribution in [-0.4, -0.2) is 19.9 Å². The molecule has 0 aliphatic heterocycles. The van der Waals surface area contributed by atoms with E-state index in [0.717, 1.165) is 23.7 Å². The number of unbranched alkanes of at least 4 members (excludes halogenated alkanes) is 2. The number of pyridine rings is 1. The average Bonchev–Trinajstić information content (AvgIpc) is 2.93. The maximum absolute atomic E-state index is 12.2. The van der Waals surface area contributed by atoms with Crippen molar-refractivity contribution in [3.63, 3.8) is 0 Å². The van der Waals surface area contributed by atoms with Gasteiger partial charge in [0.1, 0.15) is 10.0 Å². The Morgan fingerprint density at radius 3 is 2.59 bits per heavy atom. The Morgan fingerprint density at radius 1 is 1.18 bits per heavy atom. The van der Waals surface area contributed by atoms with Gasteiger partial charge in [-0.25, -0.2) is 13.4 Å². The minimum Gasteiger partial charge on any atom is -0.370 e. The molecule has 0 spiro atoms. The molecule has 0 fully saturated rings. The molecule has 7 heteroatoms. The second kappa shape index (κ2) is 7.60. The lowest BCUT2D eigenvalue weighted by Crippen LogP contribution is -2.12. The molecule has 0 saturated heterocycles. The first-order valence-corrected chi connectivity index (χ1v) is 9.60. The molecule has 0 amide bonds. The number of hydrogen-bond donors (Lipinski definition) is 2. The Morgan fingerprint density at radius 2 is 2.00 bits per heavy atom. The van der Waals surface area contributed by atoms with Gasteiger partial charge in [-0.15, -0.1) is 11.3 Å². The van der Waals surface area contributed by atoms with Gasteiger partial charge in [-0.05, 0) is 37.6 Å². The summed E-state index contributed by atoms with van der Waals surface area (Å²) in [6.45, 7) is 4.92. The molecule has 0 unspecified atom stereocenters. The van der Waals surface area contributed by atoms with Crippen molar-refractivity contribution in [2.24, 2.45) is 0 Å². The highest BCUT2D eigenvalue weighted by Gasteiger charge is 2.16. The van der Waals surface area contributed by atoms with E-state index in [9.17, 15) is 8.42 Å². The normalized spacial score (nSPS) is 11.4. The first-order valence-electron chi connectivity index (χ1n) is 7.30. The van der Waals surface area contributed by atoms with Gasteiger partial charge in [0.2, 0.25) is 0 Å². The summed E-state index contributed by atoms with van der Waals surface area (Å²) in [4.78, 5) is 5.19. The van der Waals surface area contributed by atoms with Gasteiger partial charge in [0.05, 0.1) is 11.9 Å². The smallest absolute Gasteiger partial charge is 0.271 e. The predicted octanol–water partition coefficient (Wildman–Crippen LogP) is 3.85. The lowest BCUT2D eigenvalue weighted by atomic mass is 10.2. The molecular formula is C15H21N3O2S2. The molecule has 0 bridgehead atoms. The molecule has 5 nitrogen and oxygen atoms in total. The summed E-state index contributed by atoms with van der Waals surface area (Å²) in [5.41, 5.74) is 0.463. The minimum absolute atomic E-state index is 0.312. The molecule has 2 aromatic heterocycles. The minimum atomic E-state index is -3.52. The van der Waals surface area contributed by atoms with Crippen molar-refractivity contribution in [3.05, 3.63) is 35.3 Å². The number of anilines is 2. The van der Waals surface area contributed by atoms with Crippen LogP contribution in [0.5, 0.6) is 0 Å². The Kier molecular flexibility index (Phi) is 5.79. The first kappa shape index (κ1) is 16.8. The second-order valence-electron chi connectivity index (χ2n) is 5.04. The summed E-state index contributed by atoms with van der Waals surface area (Å²) in [6, 6.07) is 6.90. The SMILES string of the molecule is CCCCCNc1ccc(NS(=O)(=O)c2ccc(C)s2)cn1. The number of aromatic nitrogens is 1.